The first-order valence-corrected chi connectivity index (χ1v) is 7.38. The third kappa shape index (κ3) is 4.71. The summed E-state index contributed by atoms with van der Waals surface area (Å²) in [5, 5.41) is 10.3. The number of hydrogen-bond donors (Lipinski definition) is 2. The molecule has 19 heavy (non-hydrogen) atoms. The van der Waals surface area contributed by atoms with Gasteiger partial charge >= 0.3 is 0 Å². The Balaban J connectivity index is 0.00000180. The summed E-state index contributed by atoms with van der Waals surface area (Å²) in [6, 6.07) is 0. The first-order chi connectivity index (χ1) is 8.81. The Morgan fingerprint density at radius 1 is 1.58 bits per heavy atom. The van der Waals surface area contributed by atoms with E-state index < -0.39 is 0 Å². The van der Waals surface area contributed by atoms with E-state index in [2.05, 4.69) is 20.2 Å². The number of halogens is 1. The molecule has 5 nitrogen and oxygen atoms in total. The van der Waals surface area contributed by atoms with Gasteiger partial charge in [-0.3, -0.25) is 4.79 Å². The van der Waals surface area contributed by atoms with Gasteiger partial charge in [-0.25, -0.2) is 0 Å². The van der Waals surface area contributed by atoms with Crippen molar-refractivity contribution in [3.8, 4) is 0 Å². The molecule has 2 heterocycles. The number of amides is 1. The average molecular weight is 305 g/mol. The molecular weight excluding hydrogens is 284 g/mol. The number of nitrogens with one attached hydrogen (secondary N) is 2. The molecule has 0 aliphatic carbocycles. The molecule has 1 amide bonds. The van der Waals surface area contributed by atoms with Crippen LogP contribution in [0, 0.1) is 5.92 Å². The van der Waals surface area contributed by atoms with E-state index >= 15 is 0 Å². The van der Waals surface area contributed by atoms with E-state index in [4.69, 9.17) is 0 Å². The fraction of sp³-hybridized carbons (Fsp3) is 0.750. The quantitative estimate of drug-likeness (QED) is 0.868. The number of carbonyl (C=O) groups excluding carboxylic acids is 1. The van der Waals surface area contributed by atoms with Crippen molar-refractivity contribution in [1.29, 1.82) is 0 Å². The van der Waals surface area contributed by atoms with Crippen LogP contribution in [0.2, 0.25) is 0 Å². The Morgan fingerprint density at radius 2 is 2.42 bits per heavy atom. The molecule has 2 rings (SSSR count). The lowest BCUT2D eigenvalue weighted by Gasteiger charge is -2.22. The smallest absolute Gasteiger partial charge is 0.264 e. The maximum Gasteiger partial charge on any atom is 0.264 e. The predicted molar refractivity (Wildman–Crippen MR) is 79.1 cm³/mol. The highest BCUT2D eigenvalue weighted by Crippen LogP contribution is 2.14. The molecule has 1 saturated heterocycles. The van der Waals surface area contributed by atoms with Crippen molar-refractivity contribution in [2.75, 3.05) is 19.6 Å². The van der Waals surface area contributed by atoms with Crippen LogP contribution in [0.25, 0.3) is 0 Å². The van der Waals surface area contributed by atoms with Crippen LogP contribution in [0.1, 0.15) is 41.6 Å². The van der Waals surface area contributed by atoms with Crippen LogP contribution in [0.5, 0.6) is 0 Å². The number of piperidine rings is 1. The molecule has 0 aromatic carbocycles. The fourth-order valence-corrected chi connectivity index (χ4v) is 2.92. The summed E-state index contributed by atoms with van der Waals surface area (Å²) in [6.45, 7) is 4.95. The third-order valence-corrected chi connectivity index (χ3v) is 4.10. The third-order valence-electron chi connectivity index (χ3n) is 3.33. The minimum Gasteiger partial charge on any atom is -0.351 e. The van der Waals surface area contributed by atoms with E-state index in [0.29, 0.717) is 10.8 Å². The molecule has 0 saturated carbocycles. The number of aryl methyl sites for hydroxylation is 1. The molecule has 1 aromatic heterocycles. The number of nitrogens with zero attached hydrogens (tertiary/aromatic N) is 2. The maximum absolute atomic E-state index is 11.9. The molecule has 1 unspecified atom stereocenters. The van der Waals surface area contributed by atoms with Crippen LogP contribution < -0.4 is 10.6 Å². The molecule has 1 fully saturated rings. The summed E-state index contributed by atoms with van der Waals surface area (Å²) >= 11 is 1.18. The topological polar surface area (TPSA) is 66.9 Å². The minimum absolute atomic E-state index is 0. The van der Waals surface area contributed by atoms with Crippen LogP contribution in [0.4, 0.5) is 0 Å². The molecule has 0 radical (unpaired) electrons. The highest BCUT2D eigenvalue weighted by Gasteiger charge is 2.16. The van der Waals surface area contributed by atoms with Gasteiger partial charge in [0, 0.05) is 6.54 Å². The van der Waals surface area contributed by atoms with Crippen molar-refractivity contribution in [1.82, 2.24) is 20.2 Å². The summed E-state index contributed by atoms with van der Waals surface area (Å²) in [7, 11) is 0. The van der Waals surface area contributed by atoms with Crippen molar-refractivity contribution >= 4 is 29.8 Å². The summed E-state index contributed by atoms with van der Waals surface area (Å²) in [5.41, 5.74) is 0.803. The first kappa shape index (κ1) is 16.3. The van der Waals surface area contributed by atoms with E-state index in [-0.39, 0.29) is 18.3 Å². The average Bonchev–Trinajstić information content (AvgIpc) is 2.88. The van der Waals surface area contributed by atoms with E-state index in [1.807, 2.05) is 6.92 Å². The normalized spacial score (nSPS) is 18.7. The van der Waals surface area contributed by atoms with Crippen LogP contribution >= 0.6 is 23.9 Å². The van der Waals surface area contributed by atoms with Crippen molar-refractivity contribution in [3.05, 3.63) is 10.6 Å². The zero-order valence-corrected chi connectivity index (χ0v) is 12.8. The molecule has 108 valence electrons. The summed E-state index contributed by atoms with van der Waals surface area (Å²) in [4.78, 5) is 12.6. The highest BCUT2D eigenvalue weighted by atomic mass is 35.5. The molecule has 1 aliphatic heterocycles. The largest absolute Gasteiger partial charge is 0.351 e. The van der Waals surface area contributed by atoms with Crippen molar-refractivity contribution in [3.63, 3.8) is 0 Å². The summed E-state index contributed by atoms with van der Waals surface area (Å²) in [6.07, 6.45) is 4.32. The van der Waals surface area contributed by atoms with Crippen LogP contribution in [0.3, 0.4) is 0 Å². The molecule has 2 N–H and O–H groups in total. The Labute approximate surface area is 124 Å². The lowest BCUT2D eigenvalue weighted by Crippen LogP contribution is -2.33. The molecule has 7 heteroatoms. The van der Waals surface area contributed by atoms with Gasteiger partial charge in [0.15, 0.2) is 0 Å². The number of rotatable bonds is 5. The van der Waals surface area contributed by atoms with Gasteiger partial charge in [0.05, 0.1) is 5.69 Å². The summed E-state index contributed by atoms with van der Waals surface area (Å²) < 4.78 is 3.83. The van der Waals surface area contributed by atoms with Crippen molar-refractivity contribution in [2.24, 2.45) is 5.92 Å². The second kappa shape index (κ2) is 8.45. The van der Waals surface area contributed by atoms with E-state index in [1.54, 1.807) is 0 Å². The van der Waals surface area contributed by atoms with Crippen LogP contribution in [0.15, 0.2) is 0 Å². The Hall–Kier alpha value is -0.720. The Kier molecular flexibility index (Phi) is 7.27. The van der Waals surface area contributed by atoms with E-state index in [9.17, 15) is 4.79 Å². The molecule has 1 aromatic rings. The minimum atomic E-state index is -0.0226. The van der Waals surface area contributed by atoms with Gasteiger partial charge in [0.25, 0.3) is 5.91 Å². The number of carbonyl (C=O) groups is 1. The van der Waals surface area contributed by atoms with Gasteiger partial charge in [-0.1, -0.05) is 11.4 Å². The molecule has 0 bridgehead atoms. The van der Waals surface area contributed by atoms with E-state index in [1.165, 1.54) is 24.4 Å². The molecule has 0 spiro atoms. The van der Waals surface area contributed by atoms with E-state index in [0.717, 1.165) is 38.2 Å². The lowest BCUT2D eigenvalue weighted by atomic mass is 9.96. The van der Waals surface area contributed by atoms with Crippen LogP contribution in [-0.4, -0.2) is 35.1 Å². The summed E-state index contributed by atoms with van der Waals surface area (Å²) in [5.74, 6) is 0.676. The zero-order chi connectivity index (χ0) is 12.8. The van der Waals surface area contributed by atoms with Gasteiger partial charge in [0.2, 0.25) is 0 Å². The van der Waals surface area contributed by atoms with Gasteiger partial charge < -0.3 is 10.6 Å². The Morgan fingerprint density at radius 3 is 3.11 bits per heavy atom. The number of hydrogen-bond acceptors (Lipinski definition) is 5. The highest BCUT2D eigenvalue weighted by molar-refractivity contribution is 7.08. The van der Waals surface area contributed by atoms with Crippen LogP contribution in [-0.2, 0) is 6.42 Å². The van der Waals surface area contributed by atoms with Gasteiger partial charge in [-0.15, -0.1) is 17.5 Å². The number of aromatic nitrogens is 2. The molecule has 1 aliphatic rings. The Bertz CT molecular complexity index is 393. The second-order valence-corrected chi connectivity index (χ2v) is 5.41. The monoisotopic (exact) mass is 304 g/mol. The lowest BCUT2D eigenvalue weighted by molar-refractivity contribution is 0.0953. The van der Waals surface area contributed by atoms with Gasteiger partial charge in [0.1, 0.15) is 4.88 Å². The second-order valence-electron chi connectivity index (χ2n) is 4.66. The molecule has 1 atom stereocenters. The van der Waals surface area contributed by atoms with Crippen molar-refractivity contribution < 1.29 is 4.79 Å². The predicted octanol–water partition coefficient (Wildman–Crippen LogP) is 1.64. The SMILES string of the molecule is CCc1nnsc1C(=O)NCCC1CCCNC1.Cl. The fourth-order valence-electron chi connectivity index (χ4n) is 2.25. The zero-order valence-electron chi connectivity index (χ0n) is 11.1. The van der Waals surface area contributed by atoms with Gasteiger partial charge in [-0.2, -0.15) is 0 Å². The molecular formula is C12H21ClN4OS. The van der Waals surface area contributed by atoms with Gasteiger partial charge in [-0.05, 0) is 56.2 Å². The van der Waals surface area contributed by atoms with Crippen molar-refractivity contribution in [2.45, 2.75) is 32.6 Å². The first-order valence-electron chi connectivity index (χ1n) is 6.61. The standard InChI is InChI=1S/C12H20N4OS.ClH/c1-2-10-11(18-16-15-10)12(17)14-7-5-9-4-3-6-13-8-9;/h9,13H,2-8H2,1H3,(H,14,17);1H. The maximum atomic E-state index is 11.9.